The Balaban J connectivity index is 1.78. The van der Waals surface area contributed by atoms with Crippen LogP contribution in [0.1, 0.15) is 25.7 Å². The maximum atomic E-state index is 12.5. The molecule has 2 rings (SSSR count). The third kappa shape index (κ3) is 4.32. The second kappa shape index (κ2) is 5.57. The summed E-state index contributed by atoms with van der Waals surface area (Å²) >= 11 is 0. The Morgan fingerprint density at radius 2 is 1.68 bits per heavy atom. The van der Waals surface area contributed by atoms with Crippen molar-refractivity contribution < 1.29 is 21.6 Å². The van der Waals surface area contributed by atoms with Crippen LogP contribution in [0.3, 0.4) is 0 Å². The molecule has 0 aromatic rings. The molecule has 0 atom stereocenters. The molecule has 1 N–H and O–H groups in total. The van der Waals surface area contributed by atoms with Crippen molar-refractivity contribution in [1.82, 2.24) is 9.62 Å². The molecule has 19 heavy (non-hydrogen) atoms. The molecule has 1 saturated heterocycles. The van der Waals surface area contributed by atoms with Crippen molar-refractivity contribution in [3.8, 4) is 0 Å². The van der Waals surface area contributed by atoms with Crippen LogP contribution in [-0.2, 0) is 10.0 Å². The minimum atomic E-state index is -4.20. The van der Waals surface area contributed by atoms with Gasteiger partial charge in [0.15, 0.2) is 0 Å². The largest absolute Gasteiger partial charge is 0.391 e. The number of hydrogen-bond donors (Lipinski definition) is 1. The second-order valence-electron chi connectivity index (χ2n) is 5.26. The zero-order valence-corrected chi connectivity index (χ0v) is 11.4. The van der Waals surface area contributed by atoms with E-state index in [4.69, 9.17) is 0 Å². The van der Waals surface area contributed by atoms with Crippen LogP contribution in [0.5, 0.6) is 0 Å². The van der Waals surface area contributed by atoms with Crippen LogP contribution in [0.2, 0.25) is 0 Å². The van der Waals surface area contributed by atoms with Gasteiger partial charge < -0.3 is 5.32 Å². The van der Waals surface area contributed by atoms with Crippen molar-refractivity contribution >= 4 is 10.0 Å². The molecule has 4 nitrogen and oxygen atoms in total. The molecule has 8 heteroatoms. The van der Waals surface area contributed by atoms with Crippen LogP contribution >= 0.6 is 0 Å². The Hall–Kier alpha value is -0.340. The Morgan fingerprint density at radius 3 is 2.16 bits per heavy atom. The zero-order valence-electron chi connectivity index (χ0n) is 10.6. The van der Waals surface area contributed by atoms with E-state index < -0.39 is 22.1 Å². The van der Waals surface area contributed by atoms with Crippen molar-refractivity contribution in [3.63, 3.8) is 0 Å². The highest BCUT2D eigenvalue weighted by Crippen LogP contribution is 2.34. The number of hydrogen-bond acceptors (Lipinski definition) is 3. The average Bonchev–Trinajstić information content (AvgIpc) is 3.12. The van der Waals surface area contributed by atoms with Crippen molar-refractivity contribution in [2.24, 2.45) is 5.92 Å². The standard InChI is InChI=1S/C11H19F3N2O2S/c12-11(13,14)9-3-6-16(7-4-9)19(17,18)8-5-15-10-1-2-10/h9-10,15H,1-8H2. The number of halogens is 3. The van der Waals surface area contributed by atoms with E-state index in [-0.39, 0.29) is 31.7 Å². The first kappa shape index (κ1) is 15.1. The summed E-state index contributed by atoms with van der Waals surface area (Å²) < 4.78 is 62.6. The van der Waals surface area contributed by atoms with E-state index in [0.717, 1.165) is 12.8 Å². The van der Waals surface area contributed by atoms with Crippen LogP contribution in [-0.4, -0.2) is 50.3 Å². The summed E-state index contributed by atoms with van der Waals surface area (Å²) in [5, 5.41) is 3.10. The average molecular weight is 300 g/mol. The first-order valence-electron chi connectivity index (χ1n) is 6.57. The summed E-state index contributed by atoms with van der Waals surface area (Å²) in [6.45, 7) is 0.345. The van der Waals surface area contributed by atoms with Crippen molar-refractivity contribution in [3.05, 3.63) is 0 Å². The van der Waals surface area contributed by atoms with Gasteiger partial charge in [0, 0.05) is 25.7 Å². The predicted octanol–water partition coefficient (Wildman–Crippen LogP) is 1.34. The van der Waals surface area contributed by atoms with Crippen molar-refractivity contribution in [2.45, 2.75) is 37.9 Å². The Morgan fingerprint density at radius 1 is 1.11 bits per heavy atom. The van der Waals surface area contributed by atoms with Crippen molar-refractivity contribution in [1.29, 1.82) is 0 Å². The van der Waals surface area contributed by atoms with E-state index in [1.165, 1.54) is 4.31 Å². The van der Waals surface area contributed by atoms with Gasteiger partial charge >= 0.3 is 6.18 Å². The summed E-state index contributed by atoms with van der Waals surface area (Å²) in [5.41, 5.74) is 0. The third-order valence-electron chi connectivity index (χ3n) is 3.68. The fourth-order valence-electron chi connectivity index (χ4n) is 2.27. The Bertz CT molecular complexity index is 399. The number of alkyl halides is 3. The quantitative estimate of drug-likeness (QED) is 0.833. The highest BCUT2D eigenvalue weighted by atomic mass is 32.2. The summed E-state index contributed by atoms with van der Waals surface area (Å²) in [6, 6.07) is 0.436. The molecule has 0 bridgehead atoms. The number of piperidine rings is 1. The fourth-order valence-corrected chi connectivity index (χ4v) is 3.67. The molecule has 1 aliphatic heterocycles. The maximum absolute atomic E-state index is 12.5. The van der Waals surface area contributed by atoms with Crippen molar-refractivity contribution in [2.75, 3.05) is 25.4 Å². The summed E-state index contributed by atoms with van der Waals surface area (Å²) in [5.74, 6) is -1.39. The summed E-state index contributed by atoms with van der Waals surface area (Å²) in [7, 11) is -3.42. The van der Waals surface area contributed by atoms with Crippen LogP contribution in [0.25, 0.3) is 0 Å². The molecule has 0 aromatic heterocycles. The highest BCUT2D eigenvalue weighted by molar-refractivity contribution is 7.89. The number of sulfonamides is 1. The molecule has 112 valence electrons. The smallest absolute Gasteiger partial charge is 0.313 e. The molecule has 0 radical (unpaired) electrons. The van der Waals surface area contributed by atoms with Gasteiger partial charge in [-0.3, -0.25) is 0 Å². The molecule has 0 unspecified atom stereocenters. The predicted molar refractivity (Wildman–Crippen MR) is 65.2 cm³/mol. The van der Waals surface area contributed by atoms with Crippen LogP contribution in [0, 0.1) is 5.92 Å². The lowest BCUT2D eigenvalue weighted by atomic mass is 9.98. The number of nitrogens with zero attached hydrogens (tertiary/aromatic N) is 1. The third-order valence-corrected chi connectivity index (χ3v) is 5.55. The monoisotopic (exact) mass is 300 g/mol. The lowest BCUT2D eigenvalue weighted by Crippen LogP contribution is -2.44. The van der Waals surface area contributed by atoms with E-state index in [9.17, 15) is 21.6 Å². The normalized spacial score (nSPS) is 23.7. The number of rotatable bonds is 5. The SMILES string of the molecule is O=S(=O)(CCNC1CC1)N1CCC(C(F)(F)F)CC1. The first-order valence-corrected chi connectivity index (χ1v) is 8.18. The highest BCUT2D eigenvalue weighted by Gasteiger charge is 2.42. The van der Waals surface area contributed by atoms with E-state index in [1.54, 1.807) is 0 Å². The van der Waals surface area contributed by atoms with E-state index in [0.29, 0.717) is 12.6 Å². The Labute approximate surface area is 111 Å². The second-order valence-corrected chi connectivity index (χ2v) is 7.35. The fraction of sp³-hybridized carbons (Fsp3) is 1.00. The van der Waals surface area contributed by atoms with Gasteiger partial charge in [0.2, 0.25) is 10.0 Å². The summed E-state index contributed by atoms with van der Waals surface area (Å²) in [4.78, 5) is 0. The minimum absolute atomic E-state index is 0.0179. The van der Waals surface area contributed by atoms with Crippen LogP contribution in [0.15, 0.2) is 0 Å². The topological polar surface area (TPSA) is 49.4 Å². The first-order chi connectivity index (χ1) is 8.79. The van der Waals surface area contributed by atoms with Crippen LogP contribution < -0.4 is 5.32 Å². The number of nitrogens with one attached hydrogen (secondary N) is 1. The molecule has 2 aliphatic rings. The molecular weight excluding hydrogens is 281 g/mol. The van der Waals surface area contributed by atoms with Gasteiger partial charge in [0.25, 0.3) is 0 Å². The summed E-state index contributed by atoms with van der Waals surface area (Å²) in [6.07, 6.45) is -2.30. The van der Waals surface area contributed by atoms with Gasteiger partial charge in [-0.1, -0.05) is 0 Å². The van der Waals surface area contributed by atoms with Gasteiger partial charge in [-0.15, -0.1) is 0 Å². The molecule has 1 heterocycles. The van der Waals surface area contributed by atoms with E-state index >= 15 is 0 Å². The lowest BCUT2D eigenvalue weighted by Gasteiger charge is -2.32. The van der Waals surface area contributed by atoms with E-state index in [1.807, 2.05) is 0 Å². The van der Waals surface area contributed by atoms with Gasteiger partial charge in [-0.2, -0.15) is 13.2 Å². The molecule has 0 aromatic carbocycles. The van der Waals surface area contributed by atoms with Gasteiger partial charge in [0.05, 0.1) is 11.7 Å². The Kier molecular flexibility index (Phi) is 4.42. The molecule has 1 aliphatic carbocycles. The van der Waals surface area contributed by atoms with Crippen LogP contribution in [0.4, 0.5) is 13.2 Å². The van der Waals surface area contributed by atoms with Gasteiger partial charge in [-0.25, -0.2) is 12.7 Å². The van der Waals surface area contributed by atoms with E-state index in [2.05, 4.69) is 5.32 Å². The molecule has 0 amide bonds. The van der Waals surface area contributed by atoms with Gasteiger partial charge in [0.1, 0.15) is 0 Å². The zero-order chi connectivity index (χ0) is 14.1. The molecular formula is C11H19F3N2O2S. The van der Waals surface area contributed by atoms with Gasteiger partial charge in [-0.05, 0) is 25.7 Å². The lowest BCUT2D eigenvalue weighted by molar-refractivity contribution is -0.182. The molecule has 1 saturated carbocycles. The molecule has 0 spiro atoms. The minimum Gasteiger partial charge on any atom is -0.313 e. The molecule has 2 fully saturated rings. The maximum Gasteiger partial charge on any atom is 0.391 e.